The van der Waals surface area contributed by atoms with Crippen molar-refractivity contribution in [3.05, 3.63) is 66.2 Å². The molecule has 3 rings (SSSR count). The summed E-state index contributed by atoms with van der Waals surface area (Å²) in [7, 11) is 5.16. The number of amides is 1. The maximum atomic E-state index is 12.5. The molecule has 5 heteroatoms. The summed E-state index contributed by atoms with van der Waals surface area (Å²) in [6.45, 7) is 0.870. The molecule has 3 aromatic rings. The molecule has 0 aliphatic rings. The number of ether oxygens (including phenoxy) is 2. The number of carbonyl (C=O) groups excluding carboxylic acids is 1. The van der Waals surface area contributed by atoms with Gasteiger partial charge in [0.25, 0.3) is 0 Å². The molecule has 1 N–H and O–H groups in total. The first-order chi connectivity index (χ1) is 13.1. The molecule has 0 saturated heterocycles. The highest BCUT2D eigenvalue weighted by molar-refractivity contribution is 6.02. The van der Waals surface area contributed by atoms with Crippen molar-refractivity contribution < 1.29 is 14.3 Å². The van der Waals surface area contributed by atoms with Gasteiger partial charge in [-0.05, 0) is 24.6 Å². The molecule has 0 atom stereocenters. The van der Waals surface area contributed by atoms with Crippen molar-refractivity contribution in [3.8, 4) is 11.5 Å². The van der Waals surface area contributed by atoms with Gasteiger partial charge in [0.15, 0.2) is 0 Å². The molecule has 0 fully saturated rings. The topological polar surface area (TPSA) is 50.8 Å². The van der Waals surface area contributed by atoms with E-state index in [1.807, 2.05) is 72.6 Å². The maximum Gasteiger partial charge on any atom is 0.238 e. The van der Waals surface area contributed by atoms with Crippen LogP contribution < -0.4 is 14.8 Å². The summed E-state index contributed by atoms with van der Waals surface area (Å²) in [5, 5.41) is 5.15. The van der Waals surface area contributed by atoms with Crippen molar-refractivity contribution in [3.63, 3.8) is 0 Å². The first kappa shape index (κ1) is 18.7. The first-order valence-corrected chi connectivity index (χ1v) is 8.78. The monoisotopic (exact) mass is 364 g/mol. The van der Waals surface area contributed by atoms with Crippen LogP contribution in [0.1, 0.15) is 5.56 Å². The number of likely N-dealkylation sites (N-methyl/N-ethyl adjacent to an activating group) is 1. The van der Waals surface area contributed by atoms with Crippen LogP contribution in [0.4, 0.5) is 5.69 Å². The molecular weight excluding hydrogens is 340 g/mol. The number of anilines is 1. The molecule has 0 bridgehead atoms. The van der Waals surface area contributed by atoms with Crippen LogP contribution in [0.3, 0.4) is 0 Å². The zero-order valence-corrected chi connectivity index (χ0v) is 15.9. The van der Waals surface area contributed by atoms with Gasteiger partial charge in [-0.15, -0.1) is 0 Å². The quantitative estimate of drug-likeness (QED) is 0.690. The van der Waals surface area contributed by atoms with E-state index in [0.717, 1.165) is 33.5 Å². The fourth-order valence-electron chi connectivity index (χ4n) is 3.10. The maximum absolute atomic E-state index is 12.5. The van der Waals surface area contributed by atoms with E-state index < -0.39 is 0 Å². The number of nitrogens with one attached hydrogen (secondary N) is 1. The average Bonchev–Trinajstić information content (AvgIpc) is 2.68. The summed E-state index contributed by atoms with van der Waals surface area (Å²) in [5.74, 6) is 1.43. The second kappa shape index (κ2) is 8.56. The summed E-state index contributed by atoms with van der Waals surface area (Å²) in [6.07, 6.45) is 0. The molecule has 140 valence electrons. The van der Waals surface area contributed by atoms with Crippen molar-refractivity contribution in [1.29, 1.82) is 0 Å². The molecule has 0 aromatic heterocycles. The van der Waals surface area contributed by atoms with Gasteiger partial charge in [-0.2, -0.15) is 0 Å². The van der Waals surface area contributed by atoms with Gasteiger partial charge < -0.3 is 14.8 Å². The summed E-state index contributed by atoms with van der Waals surface area (Å²) in [4.78, 5) is 14.5. The van der Waals surface area contributed by atoms with Gasteiger partial charge in [0.05, 0.1) is 20.8 Å². The van der Waals surface area contributed by atoms with Crippen LogP contribution >= 0.6 is 0 Å². The molecule has 0 unspecified atom stereocenters. The molecule has 0 aliphatic heterocycles. The Labute approximate surface area is 159 Å². The van der Waals surface area contributed by atoms with Gasteiger partial charge in [-0.25, -0.2) is 0 Å². The van der Waals surface area contributed by atoms with Crippen molar-refractivity contribution in [2.45, 2.75) is 6.54 Å². The third-order valence-electron chi connectivity index (χ3n) is 4.41. The minimum absolute atomic E-state index is 0.0543. The Morgan fingerprint density at radius 2 is 1.78 bits per heavy atom. The highest BCUT2D eigenvalue weighted by Crippen LogP contribution is 2.26. The second-order valence-corrected chi connectivity index (χ2v) is 6.42. The highest BCUT2D eigenvalue weighted by atomic mass is 16.5. The van der Waals surface area contributed by atoms with Gasteiger partial charge >= 0.3 is 0 Å². The van der Waals surface area contributed by atoms with Gasteiger partial charge in [0, 0.05) is 29.2 Å². The van der Waals surface area contributed by atoms with Crippen LogP contribution in [0.5, 0.6) is 11.5 Å². The largest absolute Gasteiger partial charge is 0.497 e. The fraction of sp³-hybridized carbons (Fsp3) is 0.227. The van der Waals surface area contributed by atoms with Crippen LogP contribution in [-0.4, -0.2) is 38.6 Å². The summed E-state index contributed by atoms with van der Waals surface area (Å²) < 4.78 is 10.7. The summed E-state index contributed by atoms with van der Waals surface area (Å²) >= 11 is 0. The van der Waals surface area contributed by atoms with Gasteiger partial charge in [-0.3, -0.25) is 9.69 Å². The number of benzene rings is 3. The number of carbonyl (C=O) groups is 1. The van der Waals surface area contributed by atoms with Crippen LogP contribution in [0.2, 0.25) is 0 Å². The van der Waals surface area contributed by atoms with E-state index >= 15 is 0 Å². The molecule has 0 heterocycles. The van der Waals surface area contributed by atoms with Crippen LogP contribution in [0, 0.1) is 0 Å². The standard InChI is InChI=1S/C22H24N2O3/c1-24(14-17-11-12-18(26-2)13-21(17)27-3)15-22(25)23-20-10-6-8-16-7-4-5-9-19(16)20/h4-13H,14-15H2,1-3H3,(H,23,25). The Kier molecular flexibility index (Phi) is 5.94. The van der Waals surface area contributed by atoms with Gasteiger partial charge in [-0.1, -0.05) is 42.5 Å². The minimum Gasteiger partial charge on any atom is -0.497 e. The predicted octanol–water partition coefficient (Wildman–Crippen LogP) is 3.93. The lowest BCUT2D eigenvalue weighted by Crippen LogP contribution is -2.30. The number of rotatable bonds is 7. The molecule has 0 saturated carbocycles. The normalized spacial score (nSPS) is 10.8. The third kappa shape index (κ3) is 4.57. The van der Waals surface area contributed by atoms with E-state index in [2.05, 4.69) is 5.32 Å². The average molecular weight is 364 g/mol. The number of methoxy groups -OCH3 is 2. The zero-order valence-electron chi connectivity index (χ0n) is 15.9. The lowest BCUT2D eigenvalue weighted by atomic mass is 10.1. The first-order valence-electron chi connectivity index (χ1n) is 8.78. The highest BCUT2D eigenvalue weighted by Gasteiger charge is 2.12. The number of hydrogen-bond acceptors (Lipinski definition) is 4. The molecule has 5 nitrogen and oxygen atoms in total. The predicted molar refractivity (Wildman–Crippen MR) is 108 cm³/mol. The van der Waals surface area contributed by atoms with Crippen LogP contribution in [0.15, 0.2) is 60.7 Å². The molecule has 1 amide bonds. The Bertz CT molecular complexity index is 934. The molecule has 3 aromatic carbocycles. The minimum atomic E-state index is -0.0543. The van der Waals surface area contributed by atoms with Crippen LogP contribution in [0.25, 0.3) is 10.8 Å². The van der Waals surface area contributed by atoms with E-state index in [0.29, 0.717) is 6.54 Å². The Morgan fingerprint density at radius 3 is 2.56 bits per heavy atom. The van der Waals surface area contributed by atoms with E-state index in [1.165, 1.54) is 0 Å². The van der Waals surface area contributed by atoms with E-state index in [9.17, 15) is 4.79 Å². The third-order valence-corrected chi connectivity index (χ3v) is 4.41. The van der Waals surface area contributed by atoms with Gasteiger partial charge in [0.2, 0.25) is 5.91 Å². The second-order valence-electron chi connectivity index (χ2n) is 6.42. The molecule has 0 spiro atoms. The Balaban J connectivity index is 1.66. The van der Waals surface area contributed by atoms with Crippen molar-refractivity contribution >= 4 is 22.4 Å². The molecule has 0 aliphatic carbocycles. The zero-order chi connectivity index (χ0) is 19.2. The lowest BCUT2D eigenvalue weighted by Gasteiger charge is -2.19. The van der Waals surface area contributed by atoms with Crippen molar-refractivity contribution in [1.82, 2.24) is 4.90 Å². The smallest absolute Gasteiger partial charge is 0.238 e. The lowest BCUT2D eigenvalue weighted by molar-refractivity contribution is -0.117. The van der Waals surface area contributed by atoms with Crippen molar-refractivity contribution in [2.24, 2.45) is 0 Å². The van der Waals surface area contributed by atoms with Crippen LogP contribution in [-0.2, 0) is 11.3 Å². The van der Waals surface area contributed by atoms with E-state index in [-0.39, 0.29) is 12.5 Å². The van der Waals surface area contributed by atoms with Crippen molar-refractivity contribution in [2.75, 3.05) is 33.1 Å². The fourth-order valence-corrected chi connectivity index (χ4v) is 3.10. The SMILES string of the molecule is COc1ccc(CN(C)CC(=O)Nc2cccc3ccccc23)c(OC)c1. The molecular formula is C22H24N2O3. The van der Waals surface area contributed by atoms with E-state index in [4.69, 9.17) is 9.47 Å². The Hall–Kier alpha value is -3.05. The Morgan fingerprint density at radius 1 is 1.00 bits per heavy atom. The summed E-state index contributed by atoms with van der Waals surface area (Å²) in [6, 6.07) is 19.6. The molecule has 0 radical (unpaired) electrons. The summed E-state index contributed by atoms with van der Waals surface area (Å²) in [5.41, 5.74) is 1.83. The number of hydrogen-bond donors (Lipinski definition) is 1. The van der Waals surface area contributed by atoms with Gasteiger partial charge in [0.1, 0.15) is 11.5 Å². The van der Waals surface area contributed by atoms with E-state index in [1.54, 1.807) is 14.2 Å². The number of nitrogens with zero attached hydrogens (tertiary/aromatic N) is 1. The molecule has 27 heavy (non-hydrogen) atoms. The number of fused-ring (bicyclic) bond motifs is 1.